The number of imidazole rings is 1. The molecule has 5 aromatic carbocycles. The molecular formula is C43H32N4OPt-2. The number of fused-ring (bicyclic) bond motifs is 5. The van der Waals surface area contributed by atoms with E-state index in [1.165, 1.54) is 10.9 Å². The van der Waals surface area contributed by atoms with Crippen LogP contribution in [0.1, 0.15) is 37.5 Å². The molecule has 9 aromatic rings. The minimum atomic E-state index is -0.0168. The number of furan rings is 1. The van der Waals surface area contributed by atoms with Crippen LogP contribution in [0.5, 0.6) is 0 Å². The average Bonchev–Trinajstić information content (AvgIpc) is 3.82. The van der Waals surface area contributed by atoms with Crippen molar-refractivity contribution in [3.63, 3.8) is 0 Å². The van der Waals surface area contributed by atoms with Gasteiger partial charge in [0.15, 0.2) is 0 Å². The van der Waals surface area contributed by atoms with E-state index in [1.54, 1.807) is 12.5 Å². The Kier molecular flexibility index (Phi) is 7.61. The summed E-state index contributed by atoms with van der Waals surface area (Å²) in [6.07, 6.45) is 7.89. The molecule has 0 saturated carbocycles. The van der Waals surface area contributed by atoms with Crippen molar-refractivity contribution in [2.75, 3.05) is 0 Å². The maximum absolute atomic E-state index is 5.73. The summed E-state index contributed by atoms with van der Waals surface area (Å²) in [5, 5.41) is 3.28. The van der Waals surface area contributed by atoms with Gasteiger partial charge in [-0.1, -0.05) is 87.0 Å². The molecule has 4 aromatic heterocycles. The van der Waals surface area contributed by atoms with E-state index in [0.717, 1.165) is 66.7 Å². The number of para-hydroxylation sites is 4. The van der Waals surface area contributed by atoms with Gasteiger partial charge in [-0.2, -0.15) is 53.6 Å². The van der Waals surface area contributed by atoms with E-state index in [0.29, 0.717) is 6.42 Å². The number of aromatic nitrogens is 4. The van der Waals surface area contributed by atoms with Gasteiger partial charge in [0.1, 0.15) is 11.4 Å². The molecule has 0 aliphatic carbocycles. The number of hydrogen-bond acceptors (Lipinski definition) is 2. The third-order valence-electron chi connectivity index (χ3n) is 9.19. The standard InChI is InChI=1S/C43H32N4O.Pt/c1-43(2,3)35-14-5-7-16-37(35)46-28-45(38-17-8-9-18-39(38)46)31-12-10-11-29(26-31)25-30-19-20-33-32-13-4-6-15-36(32)47(40(33)27-30)42-34-22-24-48-41(34)21-23-44-42;/h4-24H,25H2,1-3H3;/q-2;. The molecule has 9 rings (SSSR count). The summed E-state index contributed by atoms with van der Waals surface area (Å²) in [5.74, 6) is 0.839. The molecule has 0 unspecified atom stereocenters. The molecular weight excluding hydrogens is 784 g/mol. The summed E-state index contributed by atoms with van der Waals surface area (Å²) in [4.78, 5) is 4.82. The first-order valence-corrected chi connectivity index (χ1v) is 16.3. The Hall–Kier alpha value is -5.25. The van der Waals surface area contributed by atoms with Gasteiger partial charge in [-0.25, -0.2) is 4.98 Å². The zero-order valence-electron chi connectivity index (χ0n) is 27.3. The molecule has 0 radical (unpaired) electrons. The van der Waals surface area contributed by atoms with Crippen LogP contribution in [0.15, 0.2) is 132 Å². The second-order valence-corrected chi connectivity index (χ2v) is 13.3. The molecule has 0 saturated heterocycles. The van der Waals surface area contributed by atoms with E-state index in [2.05, 4.69) is 156 Å². The quantitative estimate of drug-likeness (QED) is 0.128. The number of pyridine rings is 1. The summed E-state index contributed by atoms with van der Waals surface area (Å²) in [6.45, 7) is 6.77. The summed E-state index contributed by atoms with van der Waals surface area (Å²) in [5.41, 5.74) is 10.6. The summed E-state index contributed by atoms with van der Waals surface area (Å²) >= 11 is 0. The van der Waals surface area contributed by atoms with E-state index in [1.807, 2.05) is 12.1 Å². The SMILES string of the molecule is CC(C)(C)c1ccccc1-[n+]1[c-]n(-c2[c-]c(Cc3[c-]c4c(cc3)c3ccccc3n4-c3nccc4occc34)ccc2)c2ccccc21.[Pt]. The van der Waals surface area contributed by atoms with Gasteiger partial charge in [-0.3, -0.25) is 4.57 Å². The number of benzene rings is 5. The first-order chi connectivity index (χ1) is 23.4. The topological polar surface area (TPSA) is 39.8 Å². The molecule has 0 N–H and O–H groups in total. The first kappa shape index (κ1) is 31.0. The predicted molar refractivity (Wildman–Crippen MR) is 191 cm³/mol. The van der Waals surface area contributed by atoms with Crippen molar-refractivity contribution < 1.29 is 30.0 Å². The molecule has 242 valence electrons. The van der Waals surface area contributed by atoms with Gasteiger partial charge in [-0.15, -0.1) is 5.39 Å². The molecule has 5 nitrogen and oxygen atoms in total. The first-order valence-electron chi connectivity index (χ1n) is 16.3. The van der Waals surface area contributed by atoms with Gasteiger partial charge in [0.05, 0.1) is 28.4 Å². The maximum atomic E-state index is 5.73. The fourth-order valence-electron chi connectivity index (χ4n) is 6.98. The summed E-state index contributed by atoms with van der Waals surface area (Å²) in [6, 6.07) is 47.7. The number of rotatable bonds is 5. The van der Waals surface area contributed by atoms with Crippen molar-refractivity contribution in [1.29, 1.82) is 0 Å². The minimum absolute atomic E-state index is 0. The molecule has 6 heteroatoms. The van der Waals surface area contributed by atoms with Crippen molar-refractivity contribution in [3.8, 4) is 17.2 Å². The molecule has 0 aliphatic rings. The number of hydrogen-bond donors (Lipinski definition) is 0. The van der Waals surface area contributed by atoms with Gasteiger partial charge in [0.25, 0.3) is 6.33 Å². The largest absolute Gasteiger partial charge is 0.464 e. The Balaban J connectivity index is 0.00000348. The fraction of sp³-hybridized carbons (Fsp3) is 0.116. The molecule has 0 aliphatic heterocycles. The van der Waals surface area contributed by atoms with Crippen LogP contribution in [-0.2, 0) is 32.9 Å². The smallest absolute Gasteiger partial charge is 0.268 e. The predicted octanol–water partition coefficient (Wildman–Crippen LogP) is 9.43. The van der Waals surface area contributed by atoms with Crippen LogP contribution < -0.4 is 4.57 Å². The molecule has 0 bridgehead atoms. The van der Waals surface area contributed by atoms with Crippen molar-refractivity contribution in [2.24, 2.45) is 0 Å². The molecule has 0 atom stereocenters. The van der Waals surface area contributed by atoms with E-state index >= 15 is 0 Å². The van der Waals surface area contributed by atoms with Gasteiger partial charge in [0, 0.05) is 32.8 Å². The Morgan fingerprint density at radius 2 is 1.49 bits per heavy atom. The molecule has 4 heterocycles. The van der Waals surface area contributed by atoms with Gasteiger partial charge in [-0.05, 0) is 52.7 Å². The fourth-order valence-corrected chi connectivity index (χ4v) is 6.98. The van der Waals surface area contributed by atoms with Crippen molar-refractivity contribution >= 4 is 43.8 Å². The third kappa shape index (κ3) is 5.21. The van der Waals surface area contributed by atoms with Crippen molar-refractivity contribution in [1.82, 2.24) is 14.1 Å². The maximum Gasteiger partial charge on any atom is 0.268 e. The third-order valence-corrected chi connectivity index (χ3v) is 9.19. The van der Waals surface area contributed by atoms with Crippen LogP contribution in [0.4, 0.5) is 0 Å². The van der Waals surface area contributed by atoms with E-state index < -0.39 is 0 Å². The summed E-state index contributed by atoms with van der Waals surface area (Å²) < 4.78 is 12.3. The van der Waals surface area contributed by atoms with Crippen LogP contribution in [0.2, 0.25) is 0 Å². The van der Waals surface area contributed by atoms with E-state index in [-0.39, 0.29) is 26.5 Å². The van der Waals surface area contributed by atoms with E-state index in [9.17, 15) is 0 Å². The van der Waals surface area contributed by atoms with Crippen LogP contribution >= 0.6 is 0 Å². The van der Waals surface area contributed by atoms with Crippen molar-refractivity contribution in [2.45, 2.75) is 32.6 Å². The molecule has 0 fully saturated rings. The van der Waals surface area contributed by atoms with Gasteiger partial charge < -0.3 is 13.6 Å². The van der Waals surface area contributed by atoms with Gasteiger partial charge >= 0.3 is 0 Å². The Morgan fingerprint density at radius 3 is 2.37 bits per heavy atom. The van der Waals surface area contributed by atoms with Crippen LogP contribution in [0.25, 0.3) is 61.0 Å². The zero-order chi connectivity index (χ0) is 32.4. The van der Waals surface area contributed by atoms with Gasteiger partial charge in [0.2, 0.25) is 0 Å². The van der Waals surface area contributed by atoms with Crippen molar-refractivity contribution in [3.05, 3.63) is 163 Å². The molecule has 0 spiro atoms. The normalized spacial score (nSPS) is 11.9. The van der Waals surface area contributed by atoms with Crippen LogP contribution in [0.3, 0.4) is 0 Å². The Morgan fingerprint density at radius 1 is 0.714 bits per heavy atom. The Labute approximate surface area is 299 Å². The summed E-state index contributed by atoms with van der Waals surface area (Å²) in [7, 11) is 0. The minimum Gasteiger partial charge on any atom is -0.464 e. The monoisotopic (exact) mass is 815 g/mol. The molecule has 49 heavy (non-hydrogen) atoms. The molecule has 0 amide bonds. The number of nitrogens with zero attached hydrogens (tertiary/aromatic N) is 4. The van der Waals surface area contributed by atoms with Crippen LogP contribution in [0, 0.1) is 18.5 Å². The average molecular weight is 816 g/mol. The second-order valence-electron chi connectivity index (χ2n) is 13.3. The second kappa shape index (κ2) is 12.0. The van der Waals surface area contributed by atoms with E-state index in [4.69, 9.17) is 9.40 Å². The zero-order valence-corrected chi connectivity index (χ0v) is 29.6. The Bertz CT molecular complexity index is 2650. The van der Waals surface area contributed by atoms with Crippen LogP contribution in [-0.4, -0.2) is 14.1 Å².